The first-order chi connectivity index (χ1) is 8.27. The summed E-state index contributed by atoms with van der Waals surface area (Å²) >= 11 is 0. The lowest BCUT2D eigenvalue weighted by molar-refractivity contribution is 0.00219. The molecular formula is C15H32N2O. The predicted octanol–water partition coefficient (Wildman–Crippen LogP) is 2.37. The highest BCUT2D eigenvalue weighted by atomic mass is 16.5. The summed E-state index contributed by atoms with van der Waals surface area (Å²) in [6, 6.07) is 1.68. The third-order valence-corrected chi connectivity index (χ3v) is 4.20. The van der Waals surface area contributed by atoms with Gasteiger partial charge >= 0.3 is 0 Å². The van der Waals surface area contributed by atoms with Crippen molar-refractivity contribution in [2.45, 2.75) is 59.7 Å². The third-order valence-electron chi connectivity index (χ3n) is 4.20. The molecule has 108 valence electrons. The van der Waals surface area contributed by atoms with Crippen LogP contribution in [0.1, 0.15) is 41.5 Å². The van der Waals surface area contributed by atoms with E-state index in [1.54, 1.807) is 0 Å². The molecule has 1 rings (SSSR count). The fourth-order valence-electron chi connectivity index (χ4n) is 2.77. The van der Waals surface area contributed by atoms with Crippen molar-refractivity contribution in [3.63, 3.8) is 0 Å². The summed E-state index contributed by atoms with van der Waals surface area (Å²) < 4.78 is 5.43. The van der Waals surface area contributed by atoms with Crippen LogP contribution in [-0.4, -0.2) is 49.8 Å². The number of methoxy groups -OCH3 is 1. The molecule has 0 aliphatic carbocycles. The molecule has 0 aromatic carbocycles. The van der Waals surface area contributed by atoms with Crippen molar-refractivity contribution in [2.24, 2.45) is 11.3 Å². The van der Waals surface area contributed by atoms with Gasteiger partial charge in [-0.1, -0.05) is 34.6 Å². The summed E-state index contributed by atoms with van der Waals surface area (Å²) in [5, 5.41) is 3.69. The van der Waals surface area contributed by atoms with Crippen molar-refractivity contribution in [3.8, 4) is 0 Å². The maximum absolute atomic E-state index is 5.43. The average molecular weight is 256 g/mol. The van der Waals surface area contributed by atoms with Gasteiger partial charge in [-0.15, -0.1) is 0 Å². The Morgan fingerprint density at radius 1 is 1.33 bits per heavy atom. The Hall–Kier alpha value is -0.120. The Morgan fingerprint density at radius 2 is 1.94 bits per heavy atom. The molecule has 0 saturated carbocycles. The fourth-order valence-corrected chi connectivity index (χ4v) is 2.77. The number of nitrogens with one attached hydrogen (secondary N) is 1. The number of piperazine rings is 1. The van der Waals surface area contributed by atoms with Crippen molar-refractivity contribution >= 4 is 0 Å². The molecule has 1 fully saturated rings. The number of hydrogen-bond acceptors (Lipinski definition) is 3. The Balaban J connectivity index is 2.77. The van der Waals surface area contributed by atoms with Crippen molar-refractivity contribution in [2.75, 3.05) is 26.8 Å². The number of ether oxygens (including phenoxy) is 1. The van der Waals surface area contributed by atoms with Gasteiger partial charge in [0, 0.05) is 38.3 Å². The van der Waals surface area contributed by atoms with Gasteiger partial charge in [0.1, 0.15) is 0 Å². The van der Waals surface area contributed by atoms with E-state index >= 15 is 0 Å². The van der Waals surface area contributed by atoms with E-state index in [4.69, 9.17) is 4.74 Å². The Kier molecular flexibility index (Phi) is 5.63. The van der Waals surface area contributed by atoms with E-state index in [9.17, 15) is 0 Å². The molecule has 1 N–H and O–H groups in total. The topological polar surface area (TPSA) is 24.5 Å². The number of hydrogen-bond donors (Lipinski definition) is 1. The van der Waals surface area contributed by atoms with Crippen molar-refractivity contribution in [1.29, 1.82) is 0 Å². The van der Waals surface area contributed by atoms with Gasteiger partial charge in [-0.3, -0.25) is 4.90 Å². The predicted molar refractivity (Wildman–Crippen MR) is 77.9 cm³/mol. The first-order valence-electron chi connectivity index (χ1n) is 7.25. The summed E-state index contributed by atoms with van der Waals surface area (Å²) in [6.07, 6.45) is 0. The Bertz CT molecular complexity index is 247. The molecule has 0 radical (unpaired) electrons. The highest BCUT2D eigenvalue weighted by Gasteiger charge is 2.36. The van der Waals surface area contributed by atoms with Gasteiger partial charge in [0.15, 0.2) is 0 Å². The summed E-state index contributed by atoms with van der Waals surface area (Å²) in [5.41, 5.74) is 0.312. The van der Waals surface area contributed by atoms with Crippen LogP contribution >= 0.6 is 0 Å². The second-order valence-electron chi connectivity index (χ2n) is 7.14. The van der Waals surface area contributed by atoms with E-state index in [1.165, 1.54) is 0 Å². The van der Waals surface area contributed by atoms with Gasteiger partial charge < -0.3 is 10.1 Å². The zero-order valence-electron chi connectivity index (χ0n) is 13.3. The first-order valence-corrected chi connectivity index (χ1v) is 7.25. The van der Waals surface area contributed by atoms with Gasteiger partial charge in [0.2, 0.25) is 0 Å². The molecule has 1 heterocycles. The van der Waals surface area contributed by atoms with Crippen LogP contribution < -0.4 is 5.32 Å². The van der Waals surface area contributed by atoms with Crippen LogP contribution in [0.2, 0.25) is 0 Å². The number of nitrogens with zero attached hydrogens (tertiary/aromatic N) is 1. The van der Waals surface area contributed by atoms with E-state index in [0.29, 0.717) is 29.5 Å². The fraction of sp³-hybridized carbons (Fsp3) is 1.00. The molecule has 1 aliphatic rings. The molecular weight excluding hydrogens is 224 g/mol. The van der Waals surface area contributed by atoms with Gasteiger partial charge in [0.25, 0.3) is 0 Å². The summed E-state index contributed by atoms with van der Waals surface area (Å²) in [7, 11) is 1.81. The van der Waals surface area contributed by atoms with Crippen LogP contribution in [0.4, 0.5) is 0 Å². The second-order valence-corrected chi connectivity index (χ2v) is 7.14. The largest absolute Gasteiger partial charge is 0.383 e. The molecule has 0 aromatic heterocycles. The standard InChI is InChI=1S/C15H32N2O/c1-11(2)13(10-18-7)17-9-14(15(4,5)6)16-8-12(17)3/h11-14,16H,8-10H2,1-7H3. The van der Waals surface area contributed by atoms with E-state index in [2.05, 4.69) is 51.8 Å². The van der Waals surface area contributed by atoms with Crippen LogP contribution in [0.3, 0.4) is 0 Å². The van der Waals surface area contributed by atoms with Crippen LogP contribution in [0.15, 0.2) is 0 Å². The van der Waals surface area contributed by atoms with Crippen LogP contribution in [-0.2, 0) is 4.74 Å². The van der Waals surface area contributed by atoms with Gasteiger partial charge in [-0.25, -0.2) is 0 Å². The number of rotatable bonds is 4. The second kappa shape index (κ2) is 6.36. The van der Waals surface area contributed by atoms with Crippen LogP contribution in [0.5, 0.6) is 0 Å². The third kappa shape index (κ3) is 3.94. The molecule has 3 atom stereocenters. The quantitative estimate of drug-likeness (QED) is 0.836. The molecule has 3 unspecified atom stereocenters. The maximum Gasteiger partial charge on any atom is 0.0620 e. The highest BCUT2D eigenvalue weighted by Crippen LogP contribution is 2.26. The molecule has 18 heavy (non-hydrogen) atoms. The lowest BCUT2D eigenvalue weighted by atomic mass is 9.84. The SMILES string of the molecule is COCC(C(C)C)N1CC(C(C)(C)C)NCC1C. The highest BCUT2D eigenvalue weighted by molar-refractivity contribution is 4.93. The lowest BCUT2D eigenvalue weighted by Crippen LogP contribution is -2.63. The molecule has 3 heteroatoms. The van der Waals surface area contributed by atoms with Gasteiger partial charge in [-0.05, 0) is 18.3 Å². The molecule has 1 aliphatic heterocycles. The van der Waals surface area contributed by atoms with Gasteiger partial charge in [-0.2, -0.15) is 0 Å². The first kappa shape index (κ1) is 15.9. The van der Waals surface area contributed by atoms with Crippen LogP contribution in [0, 0.1) is 11.3 Å². The van der Waals surface area contributed by atoms with Crippen LogP contribution in [0.25, 0.3) is 0 Å². The molecule has 0 spiro atoms. The smallest absolute Gasteiger partial charge is 0.0620 e. The Morgan fingerprint density at radius 3 is 2.39 bits per heavy atom. The minimum absolute atomic E-state index is 0.312. The minimum Gasteiger partial charge on any atom is -0.383 e. The van der Waals surface area contributed by atoms with E-state index < -0.39 is 0 Å². The van der Waals surface area contributed by atoms with Crippen molar-refractivity contribution in [1.82, 2.24) is 10.2 Å². The van der Waals surface area contributed by atoms with E-state index in [-0.39, 0.29) is 0 Å². The summed E-state index contributed by atoms with van der Waals surface area (Å²) in [5.74, 6) is 0.631. The zero-order chi connectivity index (χ0) is 13.9. The molecule has 0 bridgehead atoms. The maximum atomic E-state index is 5.43. The monoisotopic (exact) mass is 256 g/mol. The molecule has 0 amide bonds. The average Bonchev–Trinajstić information content (AvgIpc) is 2.25. The summed E-state index contributed by atoms with van der Waals surface area (Å²) in [6.45, 7) is 16.9. The minimum atomic E-state index is 0.312. The Labute approximate surface area is 113 Å². The summed E-state index contributed by atoms with van der Waals surface area (Å²) in [4.78, 5) is 2.64. The molecule has 1 saturated heterocycles. The van der Waals surface area contributed by atoms with Gasteiger partial charge in [0.05, 0.1) is 6.61 Å². The zero-order valence-corrected chi connectivity index (χ0v) is 13.3. The van der Waals surface area contributed by atoms with Crippen molar-refractivity contribution in [3.05, 3.63) is 0 Å². The molecule has 3 nitrogen and oxygen atoms in total. The van der Waals surface area contributed by atoms with E-state index in [0.717, 1.165) is 19.7 Å². The lowest BCUT2D eigenvalue weighted by Gasteiger charge is -2.48. The van der Waals surface area contributed by atoms with E-state index in [1.807, 2.05) is 7.11 Å². The molecule has 0 aromatic rings. The normalized spacial score (nSPS) is 28.7. The van der Waals surface area contributed by atoms with Crippen molar-refractivity contribution < 1.29 is 4.74 Å².